The van der Waals surface area contributed by atoms with Crippen molar-refractivity contribution in [2.75, 3.05) is 6.54 Å². The van der Waals surface area contributed by atoms with Crippen molar-refractivity contribution in [1.29, 1.82) is 0 Å². The molecular weight excluding hydrogens is 269 g/mol. The summed E-state index contributed by atoms with van der Waals surface area (Å²) in [6.45, 7) is 7.49. The summed E-state index contributed by atoms with van der Waals surface area (Å²) in [5.74, 6) is -0.118. The first kappa shape index (κ1) is 15.2. The van der Waals surface area contributed by atoms with Gasteiger partial charge in [-0.15, -0.1) is 11.3 Å². The second kappa shape index (κ2) is 7.00. The van der Waals surface area contributed by atoms with E-state index >= 15 is 0 Å². The molecule has 0 aliphatic carbocycles. The lowest BCUT2D eigenvalue weighted by molar-refractivity contribution is 0.177. The van der Waals surface area contributed by atoms with Gasteiger partial charge in [-0.05, 0) is 44.3 Å². The minimum atomic E-state index is -0.118. The molecule has 0 N–H and O–H groups in total. The van der Waals surface area contributed by atoms with Crippen LogP contribution < -0.4 is 0 Å². The van der Waals surface area contributed by atoms with E-state index < -0.39 is 0 Å². The number of rotatable bonds is 6. The Morgan fingerprint density at radius 2 is 1.90 bits per heavy atom. The average molecular weight is 291 g/mol. The average Bonchev–Trinajstić information content (AvgIpc) is 2.94. The molecule has 1 atom stereocenters. The van der Waals surface area contributed by atoms with Crippen LogP contribution in [0.25, 0.3) is 0 Å². The molecule has 0 aliphatic rings. The molecule has 1 nitrogen and oxygen atoms in total. The molecule has 3 heteroatoms. The SMILES string of the molecule is CCCN(C(C)C)C(c1cccs1)c1ccccc1F. The Labute approximate surface area is 125 Å². The Bertz CT molecular complexity index is 522. The van der Waals surface area contributed by atoms with Gasteiger partial charge in [-0.2, -0.15) is 0 Å². The summed E-state index contributed by atoms with van der Waals surface area (Å²) >= 11 is 1.70. The minimum absolute atomic E-state index is 0.0103. The molecule has 1 aromatic heterocycles. The zero-order valence-corrected chi connectivity index (χ0v) is 13.2. The zero-order chi connectivity index (χ0) is 14.5. The molecular formula is C17H22FNS. The van der Waals surface area contributed by atoms with Crippen molar-refractivity contribution in [3.8, 4) is 0 Å². The standard InChI is InChI=1S/C17H22FNS/c1-4-11-19(13(2)3)17(16-10-7-12-20-16)14-8-5-6-9-15(14)18/h5-10,12-13,17H,4,11H2,1-3H3. The number of hydrogen-bond acceptors (Lipinski definition) is 2. The Kier molecular flexibility index (Phi) is 5.32. The summed E-state index contributed by atoms with van der Waals surface area (Å²) in [6, 6.07) is 11.7. The summed E-state index contributed by atoms with van der Waals surface area (Å²) in [6.07, 6.45) is 1.06. The number of nitrogens with zero attached hydrogens (tertiary/aromatic N) is 1. The maximum absolute atomic E-state index is 14.3. The highest BCUT2D eigenvalue weighted by molar-refractivity contribution is 7.10. The molecule has 0 bridgehead atoms. The van der Waals surface area contributed by atoms with Gasteiger partial charge in [-0.3, -0.25) is 4.90 Å². The number of benzene rings is 1. The summed E-state index contributed by atoms with van der Waals surface area (Å²) in [7, 11) is 0. The third-order valence-electron chi connectivity index (χ3n) is 3.49. The normalized spacial score (nSPS) is 13.1. The van der Waals surface area contributed by atoms with Gasteiger partial charge in [0.05, 0.1) is 6.04 Å². The van der Waals surface area contributed by atoms with Gasteiger partial charge in [0.15, 0.2) is 0 Å². The third kappa shape index (κ3) is 3.28. The second-order valence-corrected chi connectivity index (χ2v) is 6.25. The molecule has 1 unspecified atom stereocenters. The van der Waals surface area contributed by atoms with E-state index in [0.29, 0.717) is 6.04 Å². The predicted molar refractivity (Wildman–Crippen MR) is 84.7 cm³/mol. The van der Waals surface area contributed by atoms with Crippen LogP contribution in [0.3, 0.4) is 0 Å². The van der Waals surface area contributed by atoms with Gasteiger partial charge in [-0.1, -0.05) is 31.2 Å². The summed E-state index contributed by atoms with van der Waals surface area (Å²) in [5.41, 5.74) is 0.775. The second-order valence-electron chi connectivity index (χ2n) is 5.27. The fourth-order valence-electron chi connectivity index (χ4n) is 2.58. The Morgan fingerprint density at radius 3 is 2.45 bits per heavy atom. The number of hydrogen-bond donors (Lipinski definition) is 0. The fourth-order valence-corrected chi connectivity index (χ4v) is 3.45. The molecule has 0 saturated heterocycles. The third-order valence-corrected chi connectivity index (χ3v) is 4.41. The van der Waals surface area contributed by atoms with Crippen LogP contribution in [0.5, 0.6) is 0 Å². The van der Waals surface area contributed by atoms with E-state index in [0.717, 1.165) is 18.5 Å². The molecule has 0 saturated carbocycles. The molecule has 0 spiro atoms. The van der Waals surface area contributed by atoms with Crippen molar-refractivity contribution in [2.45, 2.75) is 39.3 Å². The molecule has 2 rings (SSSR count). The lowest BCUT2D eigenvalue weighted by Gasteiger charge is -2.34. The van der Waals surface area contributed by atoms with Gasteiger partial charge in [0.1, 0.15) is 5.82 Å². The van der Waals surface area contributed by atoms with Crippen LogP contribution in [0.2, 0.25) is 0 Å². The van der Waals surface area contributed by atoms with Crippen LogP contribution in [0.4, 0.5) is 4.39 Å². The van der Waals surface area contributed by atoms with Crippen LogP contribution in [0, 0.1) is 5.82 Å². The van der Waals surface area contributed by atoms with Crippen molar-refractivity contribution in [3.05, 3.63) is 58.0 Å². The molecule has 0 aliphatic heterocycles. The molecule has 1 heterocycles. The largest absolute Gasteiger partial charge is 0.289 e. The molecule has 20 heavy (non-hydrogen) atoms. The summed E-state index contributed by atoms with van der Waals surface area (Å²) < 4.78 is 14.3. The maximum Gasteiger partial charge on any atom is 0.128 e. The maximum atomic E-state index is 14.3. The van der Waals surface area contributed by atoms with Gasteiger partial charge < -0.3 is 0 Å². The zero-order valence-electron chi connectivity index (χ0n) is 12.3. The minimum Gasteiger partial charge on any atom is -0.289 e. The summed E-state index contributed by atoms with van der Waals surface area (Å²) in [4.78, 5) is 3.58. The van der Waals surface area contributed by atoms with Crippen molar-refractivity contribution in [3.63, 3.8) is 0 Å². The Morgan fingerprint density at radius 1 is 1.15 bits per heavy atom. The van der Waals surface area contributed by atoms with Gasteiger partial charge in [-0.25, -0.2) is 4.39 Å². The van der Waals surface area contributed by atoms with Gasteiger partial charge in [0.2, 0.25) is 0 Å². The van der Waals surface area contributed by atoms with Crippen LogP contribution in [0.15, 0.2) is 41.8 Å². The van der Waals surface area contributed by atoms with E-state index in [-0.39, 0.29) is 11.9 Å². The van der Waals surface area contributed by atoms with Gasteiger partial charge >= 0.3 is 0 Å². The van der Waals surface area contributed by atoms with E-state index in [2.05, 4.69) is 37.1 Å². The number of halogens is 1. The van der Waals surface area contributed by atoms with Crippen molar-refractivity contribution < 1.29 is 4.39 Å². The summed E-state index contributed by atoms with van der Waals surface area (Å²) in [5, 5.41) is 2.06. The fraction of sp³-hybridized carbons (Fsp3) is 0.412. The topological polar surface area (TPSA) is 3.24 Å². The monoisotopic (exact) mass is 291 g/mol. The first-order chi connectivity index (χ1) is 9.65. The van der Waals surface area contributed by atoms with Crippen molar-refractivity contribution >= 4 is 11.3 Å². The molecule has 2 aromatic rings. The predicted octanol–water partition coefficient (Wildman–Crippen LogP) is 5.10. The van der Waals surface area contributed by atoms with Crippen LogP contribution >= 0.6 is 11.3 Å². The quantitative estimate of drug-likeness (QED) is 0.716. The molecule has 0 amide bonds. The van der Waals surface area contributed by atoms with Crippen molar-refractivity contribution in [2.24, 2.45) is 0 Å². The molecule has 0 radical (unpaired) electrons. The highest BCUT2D eigenvalue weighted by Gasteiger charge is 2.26. The first-order valence-electron chi connectivity index (χ1n) is 7.18. The van der Waals surface area contributed by atoms with Crippen molar-refractivity contribution in [1.82, 2.24) is 4.90 Å². The van der Waals surface area contributed by atoms with E-state index in [9.17, 15) is 4.39 Å². The Hall–Kier alpha value is -1.19. The smallest absolute Gasteiger partial charge is 0.128 e. The van der Waals surface area contributed by atoms with Gasteiger partial charge in [0.25, 0.3) is 0 Å². The highest BCUT2D eigenvalue weighted by atomic mass is 32.1. The van der Waals surface area contributed by atoms with E-state index in [1.54, 1.807) is 23.5 Å². The van der Waals surface area contributed by atoms with Crippen LogP contribution in [0.1, 0.15) is 43.7 Å². The van der Waals surface area contributed by atoms with Gasteiger partial charge in [0, 0.05) is 16.5 Å². The lowest BCUT2D eigenvalue weighted by atomic mass is 10.0. The Balaban J connectivity index is 2.47. The first-order valence-corrected chi connectivity index (χ1v) is 8.06. The molecule has 1 aromatic carbocycles. The van der Waals surface area contributed by atoms with E-state index in [4.69, 9.17) is 0 Å². The van der Waals surface area contributed by atoms with Crippen LogP contribution in [-0.4, -0.2) is 17.5 Å². The highest BCUT2D eigenvalue weighted by Crippen LogP contribution is 2.34. The van der Waals surface area contributed by atoms with E-state index in [1.807, 2.05) is 18.2 Å². The molecule has 0 fully saturated rings. The van der Waals surface area contributed by atoms with Crippen LogP contribution in [-0.2, 0) is 0 Å². The lowest BCUT2D eigenvalue weighted by Crippen LogP contribution is -2.36. The van der Waals surface area contributed by atoms with E-state index in [1.165, 1.54) is 4.88 Å². The molecule has 108 valence electrons. The number of thiophene rings is 1.